The van der Waals surface area contributed by atoms with Gasteiger partial charge in [0.1, 0.15) is 0 Å². The minimum absolute atomic E-state index is 0.113. The van der Waals surface area contributed by atoms with E-state index >= 15 is 0 Å². The average Bonchev–Trinajstić information content (AvgIpc) is 1.85. The summed E-state index contributed by atoms with van der Waals surface area (Å²) in [6.07, 6.45) is 0. The third-order valence-corrected chi connectivity index (χ3v) is 2.70. The highest BCUT2D eigenvalue weighted by Crippen LogP contribution is 2.18. The summed E-state index contributed by atoms with van der Waals surface area (Å²) in [5.41, 5.74) is 0.786. The molecule has 0 amide bonds. The van der Waals surface area contributed by atoms with Crippen LogP contribution in [0.4, 0.5) is 0 Å². The minimum atomic E-state index is 0.113. The molecule has 0 spiro atoms. The lowest BCUT2D eigenvalue weighted by Crippen LogP contribution is -1.94. The Morgan fingerprint density at radius 2 is 2.18 bits per heavy atom. The molecule has 0 fully saturated rings. The second kappa shape index (κ2) is 3.67. The van der Waals surface area contributed by atoms with Gasteiger partial charge >= 0.3 is 0 Å². The van der Waals surface area contributed by atoms with Crippen molar-refractivity contribution >= 4 is 44.3 Å². The Kier molecular flexibility index (Phi) is 3.06. The first kappa shape index (κ1) is 9.19. The zero-order valence-corrected chi connectivity index (χ0v) is 9.64. The van der Waals surface area contributed by atoms with Crippen LogP contribution in [0.15, 0.2) is 22.7 Å². The summed E-state index contributed by atoms with van der Waals surface area (Å²) < 4.78 is 2.00. The van der Waals surface area contributed by atoms with Crippen LogP contribution < -0.4 is 0 Å². The summed E-state index contributed by atoms with van der Waals surface area (Å²) >= 11 is 5.48. The van der Waals surface area contributed by atoms with Crippen LogP contribution in [0, 0.1) is 3.57 Å². The van der Waals surface area contributed by atoms with Crippen molar-refractivity contribution in [3.05, 3.63) is 31.8 Å². The van der Waals surface area contributed by atoms with Crippen LogP contribution in [0.1, 0.15) is 17.3 Å². The Balaban J connectivity index is 3.20. The molecule has 0 aromatic heterocycles. The quantitative estimate of drug-likeness (QED) is 0.572. The Hall–Kier alpha value is 0.1000. The molecule has 1 aromatic carbocycles. The lowest BCUT2D eigenvalue weighted by atomic mass is 10.2. The van der Waals surface area contributed by atoms with Crippen LogP contribution in [-0.2, 0) is 0 Å². The Labute approximate surface area is 87.5 Å². The number of carbonyl (C=O) groups excluding carboxylic acids is 1. The number of carbonyl (C=O) groups is 1. The maximum absolute atomic E-state index is 11.0. The van der Waals surface area contributed by atoms with E-state index in [9.17, 15) is 4.79 Å². The van der Waals surface area contributed by atoms with Crippen LogP contribution in [0.5, 0.6) is 0 Å². The molecule has 1 rings (SSSR count). The summed E-state index contributed by atoms with van der Waals surface area (Å²) in [5, 5.41) is 0. The van der Waals surface area contributed by atoms with Crippen molar-refractivity contribution in [2.24, 2.45) is 0 Å². The zero-order chi connectivity index (χ0) is 8.43. The summed E-state index contributed by atoms with van der Waals surface area (Å²) in [4.78, 5) is 11.0. The molecule has 0 heterocycles. The molecule has 3 heteroatoms. The lowest BCUT2D eigenvalue weighted by Gasteiger charge is -1.98. The molecule has 0 aliphatic heterocycles. The normalized spacial score (nSPS) is 9.73. The van der Waals surface area contributed by atoms with E-state index in [1.54, 1.807) is 6.92 Å². The van der Waals surface area contributed by atoms with Gasteiger partial charge in [-0.3, -0.25) is 4.79 Å². The smallest absolute Gasteiger partial charge is 0.160 e. The maximum Gasteiger partial charge on any atom is 0.160 e. The van der Waals surface area contributed by atoms with Crippen molar-refractivity contribution in [1.82, 2.24) is 0 Å². The van der Waals surface area contributed by atoms with Crippen LogP contribution in [0.3, 0.4) is 0 Å². The minimum Gasteiger partial charge on any atom is -0.294 e. The predicted octanol–water partition coefficient (Wildman–Crippen LogP) is 3.26. The zero-order valence-electron chi connectivity index (χ0n) is 5.90. The van der Waals surface area contributed by atoms with E-state index in [1.165, 1.54) is 0 Å². The van der Waals surface area contributed by atoms with E-state index in [4.69, 9.17) is 0 Å². The van der Waals surface area contributed by atoms with E-state index < -0.39 is 0 Å². The van der Waals surface area contributed by atoms with Crippen LogP contribution in [0.25, 0.3) is 0 Å². The van der Waals surface area contributed by atoms with Gasteiger partial charge in [0.15, 0.2) is 5.78 Å². The topological polar surface area (TPSA) is 17.1 Å². The van der Waals surface area contributed by atoms with Crippen LogP contribution in [0.2, 0.25) is 0 Å². The first-order valence-electron chi connectivity index (χ1n) is 3.07. The second-order valence-corrected chi connectivity index (χ2v) is 4.26. The number of halogens is 2. The number of benzene rings is 1. The summed E-state index contributed by atoms with van der Waals surface area (Å²) in [5.74, 6) is 0.113. The highest BCUT2D eigenvalue weighted by Gasteiger charge is 2.03. The van der Waals surface area contributed by atoms with Crippen molar-refractivity contribution in [2.75, 3.05) is 0 Å². The van der Waals surface area contributed by atoms with Gasteiger partial charge in [-0.2, -0.15) is 0 Å². The van der Waals surface area contributed by atoms with E-state index in [-0.39, 0.29) is 5.78 Å². The standard InChI is InChI=1S/C8H6BrIO/c1-5(11)7-3-2-6(9)4-8(7)10/h2-4H,1H3. The summed E-state index contributed by atoms with van der Waals surface area (Å²) in [6, 6.07) is 5.63. The lowest BCUT2D eigenvalue weighted by molar-refractivity contribution is 0.101. The number of ketones is 1. The van der Waals surface area contributed by atoms with Gasteiger partial charge in [0.25, 0.3) is 0 Å². The van der Waals surface area contributed by atoms with E-state index in [1.807, 2.05) is 18.2 Å². The van der Waals surface area contributed by atoms with Gasteiger partial charge in [0, 0.05) is 13.6 Å². The number of Topliss-reactive ketones (excluding diaryl/α,β-unsaturated/α-hetero) is 1. The van der Waals surface area contributed by atoms with E-state index in [0.717, 1.165) is 13.6 Å². The third-order valence-electron chi connectivity index (χ3n) is 1.31. The van der Waals surface area contributed by atoms with Gasteiger partial charge in [-0.25, -0.2) is 0 Å². The van der Waals surface area contributed by atoms with Crippen molar-refractivity contribution in [3.63, 3.8) is 0 Å². The Bertz CT molecular complexity index is 296. The molecule has 1 aromatic rings. The molecule has 0 unspecified atom stereocenters. The van der Waals surface area contributed by atoms with Gasteiger partial charge < -0.3 is 0 Å². The molecular weight excluding hydrogens is 319 g/mol. The molecule has 0 saturated heterocycles. The molecule has 0 saturated carbocycles. The molecule has 0 radical (unpaired) electrons. The largest absolute Gasteiger partial charge is 0.294 e. The van der Waals surface area contributed by atoms with Gasteiger partial charge in [0.05, 0.1) is 0 Å². The fourth-order valence-corrected chi connectivity index (χ4v) is 2.46. The SMILES string of the molecule is CC(=O)c1ccc(Br)cc1I. The molecular formula is C8H6BrIO. The first-order chi connectivity index (χ1) is 5.11. The highest BCUT2D eigenvalue weighted by molar-refractivity contribution is 14.1. The third kappa shape index (κ3) is 2.27. The molecule has 0 aliphatic rings. The summed E-state index contributed by atoms with van der Waals surface area (Å²) in [6.45, 7) is 1.57. The first-order valence-corrected chi connectivity index (χ1v) is 4.94. The molecule has 58 valence electrons. The molecule has 0 bridgehead atoms. The Morgan fingerprint density at radius 3 is 2.64 bits per heavy atom. The van der Waals surface area contributed by atoms with Crippen molar-refractivity contribution in [1.29, 1.82) is 0 Å². The van der Waals surface area contributed by atoms with Gasteiger partial charge in [-0.15, -0.1) is 0 Å². The molecule has 0 atom stereocenters. The monoisotopic (exact) mass is 324 g/mol. The van der Waals surface area contributed by atoms with Crippen LogP contribution in [-0.4, -0.2) is 5.78 Å². The van der Waals surface area contributed by atoms with E-state index in [0.29, 0.717) is 0 Å². The van der Waals surface area contributed by atoms with Gasteiger partial charge in [0.2, 0.25) is 0 Å². The highest BCUT2D eigenvalue weighted by atomic mass is 127. The molecule has 0 N–H and O–H groups in total. The fourth-order valence-electron chi connectivity index (χ4n) is 0.775. The fraction of sp³-hybridized carbons (Fsp3) is 0.125. The van der Waals surface area contributed by atoms with Gasteiger partial charge in [-0.05, 0) is 47.7 Å². The summed E-state index contributed by atoms with van der Waals surface area (Å²) in [7, 11) is 0. The average molecular weight is 325 g/mol. The second-order valence-electron chi connectivity index (χ2n) is 2.18. The predicted molar refractivity (Wildman–Crippen MR) is 56.9 cm³/mol. The number of rotatable bonds is 1. The van der Waals surface area contributed by atoms with Crippen molar-refractivity contribution < 1.29 is 4.79 Å². The van der Waals surface area contributed by atoms with Crippen molar-refractivity contribution in [2.45, 2.75) is 6.92 Å². The van der Waals surface area contributed by atoms with Gasteiger partial charge in [-0.1, -0.05) is 15.9 Å². The molecule has 11 heavy (non-hydrogen) atoms. The van der Waals surface area contributed by atoms with E-state index in [2.05, 4.69) is 38.5 Å². The number of hydrogen-bond donors (Lipinski definition) is 0. The Morgan fingerprint density at radius 1 is 1.55 bits per heavy atom. The molecule has 0 aliphatic carbocycles. The maximum atomic E-state index is 11.0. The molecule has 1 nitrogen and oxygen atoms in total. The van der Waals surface area contributed by atoms with Crippen molar-refractivity contribution in [3.8, 4) is 0 Å². The number of hydrogen-bond acceptors (Lipinski definition) is 1. The van der Waals surface area contributed by atoms with Crippen LogP contribution >= 0.6 is 38.5 Å².